The van der Waals surface area contributed by atoms with E-state index in [2.05, 4.69) is 33.0 Å². The summed E-state index contributed by atoms with van der Waals surface area (Å²) in [5.41, 5.74) is 5.55. The number of halogens is 1. The number of amides is 3. The Labute approximate surface area is 281 Å². The van der Waals surface area contributed by atoms with Crippen molar-refractivity contribution in [3.05, 3.63) is 143 Å². The van der Waals surface area contributed by atoms with E-state index in [1.807, 2.05) is 90.3 Å². The van der Waals surface area contributed by atoms with Crippen LogP contribution in [0, 0.1) is 6.54 Å². The van der Waals surface area contributed by atoms with E-state index < -0.39 is 12.1 Å². The van der Waals surface area contributed by atoms with Gasteiger partial charge in [-0.3, -0.25) is 19.7 Å². The fraction of sp³-hybridized carbons (Fsp3) is 0.263. The molecule has 1 fully saturated rings. The number of para-hydroxylation sites is 1. The predicted molar refractivity (Wildman–Crippen MR) is 185 cm³/mol. The van der Waals surface area contributed by atoms with Crippen LogP contribution in [0.1, 0.15) is 38.7 Å². The Morgan fingerprint density at radius 3 is 2.30 bits per heavy atom. The molecule has 4 aromatic rings. The number of hydrogen-bond acceptors (Lipinski definition) is 5. The van der Waals surface area contributed by atoms with Crippen molar-refractivity contribution in [2.24, 2.45) is 0 Å². The molecule has 2 heterocycles. The van der Waals surface area contributed by atoms with Crippen LogP contribution >= 0.6 is 11.6 Å². The summed E-state index contributed by atoms with van der Waals surface area (Å²) in [5.74, 6) is -0.490. The quantitative estimate of drug-likeness (QED) is 0.231. The van der Waals surface area contributed by atoms with Gasteiger partial charge in [-0.15, -0.1) is 0 Å². The smallest absolute Gasteiger partial charge is 0.253 e. The van der Waals surface area contributed by atoms with Gasteiger partial charge in [0, 0.05) is 56.4 Å². The van der Waals surface area contributed by atoms with Gasteiger partial charge < -0.3 is 20.4 Å². The molecule has 47 heavy (non-hydrogen) atoms. The molecule has 241 valence electrons. The van der Waals surface area contributed by atoms with E-state index >= 15 is 0 Å². The summed E-state index contributed by atoms with van der Waals surface area (Å²) >= 11 is 6.13. The summed E-state index contributed by atoms with van der Waals surface area (Å²) in [6.07, 6.45) is 1.83. The lowest BCUT2D eigenvalue weighted by Gasteiger charge is -2.38. The van der Waals surface area contributed by atoms with Gasteiger partial charge in [0.1, 0.15) is 12.1 Å². The first-order valence-electron chi connectivity index (χ1n) is 16.1. The largest absolute Gasteiger partial charge is 0.367 e. The number of benzene rings is 4. The highest BCUT2D eigenvalue weighted by Gasteiger charge is 2.33. The van der Waals surface area contributed by atoms with Gasteiger partial charge in [-0.25, -0.2) is 0 Å². The molecule has 1 saturated heterocycles. The molecule has 2 aliphatic heterocycles. The molecule has 1 radical (unpaired) electrons. The maximum Gasteiger partial charge on any atom is 0.253 e. The van der Waals surface area contributed by atoms with Crippen LogP contribution in [-0.4, -0.2) is 61.4 Å². The van der Waals surface area contributed by atoms with Crippen molar-refractivity contribution in [2.45, 2.75) is 31.3 Å². The summed E-state index contributed by atoms with van der Waals surface area (Å²) in [7, 11) is 0. The Hall–Kier alpha value is -4.66. The molecule has 9 heteroatoms. The van der Waals surface area contributed by atoms with Gasteiger partial charge in [0.2, 0.25) is 11.8 Å². The van der Waals surface area contributed by atoms with E-state index in [1.165, 1.54) is 5.56 Å². The zero-order valence-electron chi connectivity index (χ0n) is 26.2. The molecule has 4 aromatic carbocycles. The number of hydrogen-bond donors (Lipinski definition) is 3. The number of carbonyl (C=O) groups excluding carboxylic acids is 3. The normalized spacial score (nSPS) is 16.6. The highest BCUT2D eigenvalue weighted by Crippen LogP contribution is 2.25. The van der Waals surface area contributed by atoms with Gasteiger partial charge in [0.25, 0.3) is 5.91 Å². The molecule has 0 bridgehead atoms. The molecule has 2 atom stereocenters. The number of anilines is 1. The first-order valence-corrected chi connectivity index (χ1v) is 16.5. The monoisotopic (exact) mass is 648 g/mol. The maximum absolute atomic E-state index is 14.1. The number of piperazine rings is 1. The van der Waals surface area contributed by atoms with Gasteiger partial charge >= 0.3 is 0 Å². The Kier molecular flexibility index (Phi) is 10.5. The van der Waals surface area contributed by atoms with Crippen LogP contribution in [0.2, 0.25) is 5.02 Å². The van der Waals surface area contributed by atoms with Crippen LogP contribution in [0.15, 0.2) is 103 Å². The highest BCUT2D eigenvalue weighted by atomic mass is 35.5. The molecule has 1 unspecified atom stereocenters. The highest BCUT2D eigenvalue weighted by molar-refractivity contribution is 6.30. The van der Waals surface area contributed by atoms with Crippen LogP contribution < -0.4 is 20.9 Å². The van der Waals surface area contributed by atoms with E-state index in [1.54, 1.807) is 12.1 Å². The third kappa shape index (κ3) is 8.02. The summed E-state index contributed by atoms with van der Waals surface area (Å²) in [5, 5.41) is 9.96. The average molecular weight is 649 g/mol. The Morgan fingerprint density at radius 1 is 0.809 bits per heavy atom. The molecule has 8 nitrogen and oxygen atoms in total. The van der Waals surface area contributed by atoms with E-state index in [0.29, 0.717) is 49.7 Å². The van der Waals surface area contributed by atoms with Crippen molar-refractivity contribution in [1.29, 1.82) is 0 Å². The standard InChI is InChI=1S/C38H39ClN5O3/c39-30-16-14-28(15-17-30)26-33(42-37(46)35-31-11-5-4-10-29(31)19-21-40-35)38(47)44-24-22-43(23-25-44)34-13-7-6-12-32(34)36(45)41-20-18-27-8-2-1-3-9-27/h1-17,21,33,35,40H,18-20,22-26H2,(H,41,45)(H,42,46)/t33-,35?/m1/s1. The number of nitrogens with zero attached hydrogens (tertiary/aromatic N) is 2. The zero-order chi connectivity index (χ0) is 32.6. The zero-order valence-corrected chi connectivity index (χ0v) is 27.0. The first-order chi connectivity index (χ1) is 23.0. The summed E-state index contributed by atoms with van der Waals surface area (Å²) in [4.78, 5) is 44.9. The van der Waals surface area contributed by atoms with Gasteiger partial charge in [0.15, 0.2) is 0 Å². The van der Waals surface area contributed by atoms with E-state index in [0.717, 1.165) is 35.2 Å². The molecule has 6 rings (SSSR count). The SMILES string of the molecule is O=C(NCCc1ccccc1)c1ccccc1N1CCN(C(=O)[C@@H](Cc2ccc(Cl)cc2)NC(=O)C2N[CH]Cc3ccccc32)CC1. The van der Waals surface area contributed by atoms with E-state index in [-0.39, 0.29) is 17.7 Å². The molecule has 3 N–H and O–H groups in total. The van der Waals surface area contributed by atoms with E-state index in [9.17, 15) is 14.4 Å². The second kappa shape index (κ2) is 15.3. The number of nitrogens with one attached hydrogen (secondary N) is 3. The van der Waals surface area contributed by atoms with Crippen LogP contribution in [0.5, 0.6) is 0 Å². The fourth-order valence-electron chi connectivity index (χ4n) is 6.30. The summed E-state index contributed by atoms with van der Waals surface area (Å²) in [6.45, 7) is 4.49. The lowest BCUT2D eigenvalue weighted by atomic mass is 9.93. The van der Waals surface area contributed by atoms with Crippen molar-refractivity contribution in [1.82, 2.24) is 20.9 Å². The Morgan fingerprint density at radius 2 is 1.51 bits per heavy atom. The van der Waals surface area contributed by atoms with Crippen molar-refractivity contribution >= 4 is 35.0 Å². The topological polar surface area (TPSA) is 93.8 Å². The predicted octanol–water partition coefficient (Wildman–Crippen LogP) is 4.74. The van der Waals surface area contributed by atoms with E-state index in [4.69, 9.17) is 11.6 Å². The van der Waals surface area contributed by atoms with Crippen molar-refractivity contribution in [3.63, 3.8) is 0 Å². The maximum atomic E-state index is 14.1. The second-order valence-corrected chi connectivity index (χ2v) is 12.4. The van der Waals surface area contributed by atoms with Crippen LogP contribution in [0.25, 0.3) is 0 Å². The lowest BCUT2D eigenvalue weighted by Crippen LogP contribution is -2.57. The molecular weight excluding hydrogens is 610 g/mol. The second-order valence-electron chi connectivity index (χ2n) is 11.9. The Bertz CT molecular complexity index is 1690. The minimum Gasteiger partial charge on any atom is -0.367 e. The minimum absolute atomic E-state index is 0.115. The molecule has 3 amide bonds. The lowest BCUT2D eigenvalue weighted by molar-refractivity contribution is -0.137. The third-order valence-electron chi connectivity index (χ3n) is 8.83. The molecule has 2 aliphatic rings. The minimum atomic E-state index is -0.756. The molecule has 0 aromatic heterocycles. The van der Waals surface area contributed by atoms with Crippen molar-refractivity contribution in [3.8, 4) is 0 Å². The fourth-order valence-corrected chi connectivity index (χ4v) is 6.42. The molecule has 0 saturated carbocycles. The summed E-state index contributed by atoms with van der Waals surface area (Å²) < 4.78 is 0. The Balaban J connectivity index is 1.11. The number of fused-ring (bicyclic) bond motifs is 1. The van der Waals surface area contributed by atoms with Gasteiger partial charge in [-0.05, 0) is 59.4 Å². The van der Waals surface area contributed by atoms with Crippen molar-refractivity contribution in [2.75, 3.05) is 37.6 Å². The van der Waals surface area contributed by atoms with Gasteiger partial charge in [0.05, 0.1) is 5.56 Å². The summed E-state index contributed by atoms with van der Waals surface area (Å²) in [6, 6.07) is 31.6. The number of carbonyl (C=O) groups is 3. The average Bonchev–Trinajstić information content (AvgIpc) is 3.12. The third-order valence-corrected chi connectivity index (χ3v) is 9.08. The molecule has 0 spiro atoms. The van der Waals surface area contributed by atoms with Gasteiger partial charge in [-0.2, -0.15) is 0 Å². The van der Waals surface area contributed by atoms with Crippen LogP contribution in [0.3, 0.4) is 0 Å². The number of rotatable bonds is 10. The molecular formula is C38H39ClN5O3. The van der Waals surface area contributed by atoms with Crippen LogP contribution in [-0.2, 0) is 28.9 Å². The first kappa shape index (κ1) is 32.3. The molecule has 0 aliphatic carbocycles. The van der Waals surface area contributed by atoms with Crippen molar-refractivity contribution < 1.29 is 14.4 Å². The van der Waals surface area contributed by atoms with Crippen LogP contribution in [0.4, 0.5) is 5.69 Å². The van der Waals surface area contributed by atoms with Gasteiger partial charge in [-0.1, -0.05) is 90.5 Å².